The van der Waals surface area contributed by atoms with Gasteiger partial charge < -0.3 is 15.0 Å². The summed E-state index contributed by atoms with van der Waals surface area (Å²) in [6, 6.07) is 17.5. The molecule has 0 aliphatic carbocycles. The topological polar surface area (TPSA) is 76.5 Å². The highest BCUT2D eigenvalue weighted by Gasteiger charge is 2.30. The lowest BCUT2D eigenvalue weighted by Gasteiger charge is -2.23. The average Bonchev–Trinajstić information content (AvgIpc) is 3.10. The first-order valence-corrected chi connectivity index (χ1v) is 9.90. The van der Waals surface area contributed by atoms with Crippen LogP contribution in [0.2, 0.25) is 0 Å². The van der Waals surface area contributed by atoms with Gasteiger partial charge in [-0.05, 0) is 17.7 Å². The highest BCUT2D eigenvalue weighted by molar-refractivity contribution is 5.96. The Kier molecular flexibility index (Phi) is 5.52. The number of aromatic nitrogens is 2. The lowest BCUT2D eigenvalue weighted by molar-refractivity contribution is -0.119. The molecule has 1 aliphatic heterocycles. The average molecular weight is 404 g/mol. The van der Waals surface area contributed by atoms with Crippen LogP contribution in [-0.2, 0) is 25.0 Å². The van der Waals surface area contributed by atoms with Crippen LogP contribution in [0.15, 0.2) is 54.6 Å². The second kappa shape index (κ2) is 8.41. The molecule has 2 aromatic carbocycles. The normalized spacial score (nSPS) is 11.8. The number of rotatable bonds is 6. The van der Waals surface area contributed by atoms with Crippen molar-refractivity contribution in [2.75, 3.05) is 13.1 Å². The lowest BCUT2D eigenvalue weighted by atomic mass is 10.0. The Labute approximate surface area is 175 Å². The van der Waals surface area contributed by atoms with E-state index >= 15 is 0 Å². The molecule has 0 fully saturated rings. The standard InChI is InChI=1S/C23H24N4O3/c1-16(28)24-12-13-27(14-17-8-4-3-5-9-17)23(29)21-19-15-30-20-11-7-6-10-18(20)22(19)26(2)25-21/h3-11H,12-15H2,1-2H3,(H,24,28). The van der Waals surface area contributed by atoms with E-state index in [1.54, 1.807) is 9.58 Å². The Morgan fingerprint density at radius 2 is 1.87 bits per heavy atom. The minimum absolute atomic E-state index is 0.123. The van der Waals surface area contributed by atoms with Crippen LogP contribution < -0.4 is 10.1 Å². The highest BCUT2D eigenvalue weighted by Crippen LogP contribution is 2.38. The number of nitrogens with one attached hydrogen (secondary N) is 1. The van der Waals surface area contributed by atoms with Gasteiger partial charge in [-0.25, -0.2) is 0 Å². The Morgan fingerprint density at radius 1 is 1.13 bits per heavy atom. The van der Waals surface area contributed by atoms with E-state index in [1.807, 2.05) is 61.6 Å². The summed E-state index contributed by atoms with van der Waals surface area (Å²) in [5.41, 5.74) is 4.03. The monoisotopic (exact) mass is 404 g/mol. The first-order chi connectivity index (χ1) is 14.5. The zero-order valence-corrected chi connectivity index (χ0v) is 17.1. The molecule has 0 saturated carbocycles. The van der Waals surface area contributed by atoms with E-state index in [2.05, 4.69) is 10.4 Å². The molecule has 0 unspecified atom stereocenters. The van der Waals surface area contributed by atoms with Gasteiger partial charge in [-0.15, -0.1) is 0 Å². The first kappa shape index (κ1) is 19.7. The van der Waals surface area contributed by atoms with Gasteiger partial charge in [0, 0.05) is 44.7 Å². The molecule has 1 aliphatic rings. The zero-order valence-electron chi connectivity index (χ0n) is 17.1. The minimum atomic E-state index is -0.177. The van der Waals surface area contributed by atoms with Crippen molar-refractivity contribution in [3.05, 3.63) is 71.4 Å². The molecule has 0 saturated heterocycles. The number of aryl methyl sites for hydroxylation is 1. The summed E-state index contributed by atoms with van der Waals surface area (Å²) >= 11 is 0. The summed E-state index contributed by atoms with van der Waals surface area (Å²) < 4.78 is 7.63. The summed E-state index contributed by atoms with van der Waals surface area (Å²) in [5, 5.41) is 7.32. The SMILES string of the molecule is CC(=O)NCCN(Cc1ccccc1)C(=O)c1nn(C)c2c1COc1ccccc1-2. The van der Waals surface area contributed by atoms with E-state index in [1.165, 1.54) is 6.92 Å². The van der Waals surface area contributed by atoms with Crippen molar-refractivity contribution in [2.45, 2.75) is 20.1 Å². The van der Waals surface area contributed by atoms with Crippen molar-refractivity contribution in [2.24, 2.45) is 7.05 Å². The van der Waals surface area contributed by atoms with Crippen LogP contribution in [0.4, 0.5) is 0 Å². The second-order valence-corrected chi connectivity index (χ2v) is 7.28. The fourth-order valence-corrected chi connectivity index (χ4v) is 3.72. The third-order valence-electron chi connectivity index (χ3n) is 5.12. The van der Waals surface area contributed by atoms with E-state index in [4.69, 9.17) is 4.74 Å². The van der Waals surface area contributed by atoms with Crippen molar-refractivity contribution in [3.8, 4) is 17.0 Å². The summed E-state index contributed by atoms with van der Waals surface area (Å²) in [6.07, 6.45) is 0. The molecule has 0 radical (unpaired) electrons. The smallest absolute Gasteiger partial charge is 0.275 e. The van der Waals surface area contributed by atoms with Gasteiger partial charge in [-0.2, -0.15) is 5.10 Å². The van der Waals surface area contributed by atoms with Crippen LogP contribution in [0.1, 0.15) is 28.5 Å². The van der Waals surface area contributed by atoms with E-state index in [-0.39, 0.29) is 11.8 Å². The first-order valence-electron chi connectivity index (χ1n) is 9.90. The molecular weight excluding hydrogens is 380 g/mol. The maximum absolute atomic E-state index is 13.5. The number of benzene rings is 2. The van der Waals surface area contributed by atoms with Gasteiger partial charge >= 0.3 is 0 Å². The minimum Gasteiger partial charge on any atom is -0.488 e. The van der Waals surface area contributed by atoms with Crippen molar-refractivity contribution in [1.82, 2.24) is 20.0 Å². The predicted octanol–water partition coefficient (Wildman–Crippen LogP) is 2.76. The van der Waals surface area contributed by atoms with E-state index in [0.717, 1.165) is 28.1 Å². The van der Waals surface area contributed by atoms with Gasteiger partial charge in [0.2, 0.25) is 5.91 Å². The third-order valence-corrected chi connectivity index (χ3v) is 5.12. The van der Waals surface area contributed by atoms with Crippen LogP contribution in [0.3, 0.4) is 0 Å². The molecule has 0 atom stereocenters. The number of para-hydroxylation sites is 1. The number of nitrogens with zero attached hydrogens (tertiary/aromatic N) is 3. The van der Waals surface area contributed by atoms with Crippen molar-refractivity contribution < 1.29 is 14.3 Å². The number of carbonyl (C=O) groups excluding carboxylic acids is 2. The summed E-state index contributed by atoms with van der Waals surface area (Å²) in [4.78, 5) is 26.5. The van der Waals surface area contributed by atoms with Gasteiger partial charge in [0.1, 0.15) is 12.4 Å². The molecule has 1 aromatic heterocycles. The maximum atomic E-state index is 13.5. The maximum Gasteiger partial charge on any atom is 0.275 e. The van der Waals surface area contributed by atoms with Gasteiger partial charge in [0.15, 0.2) is 5.69 Å². The van der Waals surface area contributed by atoms with Crippen molar-refractivity contribution >= 4 is 11.8 Å². The van der Waals surface area contributed by atoms with Gasteiger partial charge in [-0.1, -0.05) is 42.5 Å². The Balaban J connectivity index is 1.65. The predicted molar refractivity (Wildman–Crippen MR) is 113 cm³/mol. The van der Waals surface area contributed by atoms with Gasteiger partial charge in [-0.3, -0.25) is 14.3 Å². The summed E-state index contributed by atoms with van der Waals surface area (Å²) in [7, 11) is 1.84. The molecule has 30 heavy (non-hydrogen) atoms. The number of amides is 2. The zero-order chi connectivity index (χ0) is 21.1. The Morgan fingerprint density at radius 3 is 2.63 bits per heavy atom. The molecule has 0 spiro atoms. The number of ether oxygens (including phenoxy) is 1. The molecule has 7 heteroatoms. The van der Waals surface area contributed by atoms with Gasteiger partial charge in [0.05, 0.1) is 5.69 Å². The molecule has 1 N–H and O–H groups in total. The second-order valence-electron chi connectivity index (χ2n) is 7.28. The quantitative estimate of drug-likeness (QED) is 0.685. The molecule has 0 bridgehead atoms. The van der Waals surface area contributed by atoms with Crippen molar-refractivity contribution in [1.29, 1.82) is 0 Å². The Bertz CT molecular complexity index is 1080. The van der Waals surface area contributed by atoms with E-state index in [0.29, 0.717) is 31.9 Å². The van der Waals surface area contributed by atoms with E-state index < -0.39 is 0 Å². The molecule has 4 rings (SSSR count). The number of hydrogen-bond acceptors (Lipinski definition) is 4. The van der Waals surface area contributed by atoms with E-state index in [9.17, 15) is 9.59 Å². The van der Waals surface area contributed by atoms with Crippen LogP contribution in [-0.4, -0.2) is 39.6 Å². The lowest BCUT2D eigenvalue weighted by Crippen LogP contribution is -2.38. The van der Waals surface area contributed by atoms with Crippen LogP contribution in [0.25, 0.3) is 11.3 Å². The molecule has 3 aromatic rings. The number of carbonyl (C=O) groups is 2. The largest absolute Gasteiger partial charge is 0.488 e. The van der Waals surface area contributed by atoms with Crippen molar-refractivity contribution in [3.63, 3.8) is 0 Å². The summed E-state index contributed by atoms with van der Waals surface area (Å²) in [5.74, 6) is 0.491. The highest BCUT2D eigenvalue weighted by atomic mass is 16.5. The van der Waals surface area contributed by atoms with Crippen LogP contribution in [0.5, 0.6) is 5.75 Å². The van der Waals surface area contributed by atoms with Gasteiger partial charge in [0.25, 0.3) is 5.91 Å². The Hall–Kier alpha value is -3.61. The molecular formula is C23H24N4O3. The third kappa shape index (κ3) is 3.91. The van der Waals surface area contributed by atoms with Crippen LogP contribution in [0, 0.1) is 0 Å². The summed E-state index contributed by atoms with van der Waals surface area (Å²) in [6.45, 7) is 2.96. The molecule has 2 amide bonds. The molecule has 7 nitrogen and oxygen atoms in total. The molecule has 2 heterocycles. The van der Waals surface area contributed by atoms with Crippen LogP contribution >= 0.6 is 0 Å². The number of hydrogen-bond donors (Lipinski definition) is 1. The fourth-order valence-electron chi connectivity index (χ4n) is 3.72. The molecule has 154 valence electrons. The fraction of sp³-hybridized carbons (Fsp3) is 0.261. The number of fused-ring (bicyclic) bond motifs is 3.